The van der Waals surface area contributed by atoms with Crippen LogP contribution in [-0.4, -0.2) is 4.57 Å². The third kappa shape index (κ3) is 3.34. The highest BCUT2D eigenvalue weighted by Gasteiger charge is 2.17. The van der Waals surface area contributed by atoms with Gasteiger partial charge in [-0.15, -0.1) is 0 Å². The van der Waals surface area contributed by atoms with Gasteiger partial charge >= 0.3 is 5.63 Å². The summed E-state index contributed by atoms with van der Waals surface area (Å²) in [5.41, 5.74) is 7.63. The maximum atomic E-state index is 13.1. The van der Waals surface area contributed by atoms with Gasteiger partial charge in [0.05, 0.1) is 11.1 Å². The Bertz CT molecular complexity index is 1660. The molecule has 2 heterocycles. The molecule has 0 bridgehead atoms. The van der Waals surface area contributed by atoms with Crippen molar-refractivity contribution in [2.75, 3.05) is 0 Å². The van der Waals surface area contributed by atoms with Crippen molar-refractivity contribution in [3.05, 3.63) is 119 Å². The summed E-state index contributed by atoms with van der Waals surface area (Å²) in [6.45, 7) is 12.0. The second kappa shape index (κ2) is 8.53. The van der Waals surface area contributed by atoms with Gasteiger partial charge in [-0.25, -0.2) is 4.79 Å². The number of rotatable bonds is 5. The van der Waals surface area contributed by atoms with E-state index in [0.29, 0.717) is 11.1 Å². The van der Waals surface area contributed by atoms with Gasteiger partial charge in [-0.05, 0) is 55.3 Å². The first-order valence-corrected chi connectivity index (χ1v) is 11.3. The molecule has 0 aliphatic rings. The molecule has 3 heteroatoms. The van der Waals surface area contributed by atoms with Crippen LogP contribution in [-0.2, 0) is 0 Å². The van der Waals surface area contributed by atoms with Crippen molar-refractivity contribution in [3.63, 3.8) is 0 Å². The number of nitrogens with zero attached hydrogens (tertiary/aromatic N) is 1. The Morgan fingerprint density at radius 3 is 2.38 bits per heavy atom. The Kier molecular flexibility index (Phi) is 5.39. The van der Waals surface area contributed by atoms with E-state index in [-0.39, 0.29) is 5.63 Å². The van der Waals surface area contributed by atoms with Gasteiger partial charge in [0.15, 0.2) is 0 Å². The van der Waals surface area contributed by atoms with Gasteiger partial charge in [0.1, 0.15) is 5.58 Å². The molecule has 3 aromatic carbocycles. The molecule has 0 atom stereocenters. The number of allylic oxidation sites excluding steroid dienone is 1. The van der Waals surface area contributed by atoms with Gasteiger partial charge in [0, 0.05) is 33.3 Å². The smallest absolute Gasteiger partial charge is 0.344 e. The molecule has 0 saturated heterocycles. The third-order valence-corrected chi connectivity index (χ3v) is 6.31. The third-order valence-electron chi connectivity index (χ3n) is 6.31. The Balaban J connectivity index is 1.74. The fourth-order valence-electron chi connectivity index (χ4n) is 4.74. The highest BCUT2D eigenvalue weighted by atomic mass is 16.4. The second-order valence-electron chi connectivity index (χ2n) is 8.24. The van der Waals surface area contributed by atoms with E-state index in [1.165, 1.54) is 0 Å². The lowest BCUT2D eigenvalue weighted by molar-refractivity contribution is 0.563. The Morgan fingerprint density at radius 2 is 1.68 bits per heavy atom. The minimum absolute atomic E-state index is 0.369. The van der Waals surface area contributed by atoms with Crippen LogP contribution in [0.4, 0.5) is 0 Å². The van der Waals surface area contributed by atoms with Crippen LogP contribution in [0.1, 0.15) is 29.3 Å². The SMILES string of the molecule is C=Cc1c(C)n(-c2ccccc2)c2ccc(-c3cc4ccc(/C=C\C)c(C=C)c4oc3=O)cc12. The highest BCUT2D eigenvalue weighted by molar-refractivity contribution is 5.96. The molecule has 5 aromatic rings. The molecule has 0 unspecified atom stereocenters. The molecule has 0 fully saturated rings. The summed E-state index contributed by atoms with van der Waals surface area (Å²) in [6, 6.07) is 22.2. The summed E-state index contributed by atoms with van der Waals surface area (Å²) in [4.78, 5) is 13.1. The second-order valence-corrected chi connectivity index (χ2v) is 8.24. The molecule has 0 spiro atoms. The van der Waals surface area contributed by atoms with E-state index in [0.717, 1.165) is 49.9 Å². The number of hydrogen-bond acceptors (Lipinski definition) is 2. The largest absolute Gasteiger partial charge is 0.422 e. The van der Waals surface area contributed by atoms with Gasteiger partial charge in [-0.3, -0.25) is 0 Å². The Morgan fingerprint density at radius 1 is 0.912 bits per heavy atom. The van der Waals surface area contributed by atoms with Crippen molar-refractivity contribution in [1.82, 2.24) is 4.57 Å². The van der Waals surface area contributed by atoms with Crippen LogP contribution in [0.2, 0.25) is 0 Å². The molecule has 2 aromatic heterocycles. The van der Waals surface area contributed by atoms with Crippen LogP contribution >= 0.6 is 0 Å². The predicted molar refractivity (Wildman–Crippen MR) is 144 cm³/mol. The minimum Gasteiger partial charge on any atom is -0.422 e. The van der Waals surface area contributed by atoms with Gasteiger partial charge in [0.25, 0.3) is 0 Å². The lowest BCUT2D eigenvalue weighted by Crippen LogP contribution is -2.03. The number of para-hydroxylation sites is 1. The lowest BCUT2D eigenvalue weighted by Gasteiger charge is -2.09. The summed E-state index contributed by atoms with van der Waals surface area (Å²) in [5.74, 6) is 0. The summed E-state index contributed by atoms with van der Waals surface area (Å²) >= 11 is 0. The molecule has 5 rings (SSSR count). The van der Waals surface area contributed by atoms with Crippen LogP contribution in [0.15, 0.2) is 95.2 Å². The molecule has 34 heavy (non-hydrogen) atoms. The van der Waals surface area contributed by atoms with Gasteiger partial charge in [0.2, 0.25) is 0 Å². The van der Waals surface area contributed by atoms with Crippen molar-refractivity contribution >= 4 is 40.1 Å². The molecule has 0 aliphatic heterocycles. The molecule has 0 aliphatic carbocycles. The molecule has 0 amide bonds. The first-order valence-electron chi connectivity index (χ1n) is 11.3. The van der Waals surface area contributed by atoms with E-state index < -0.39 is 0 Å². The summed E-state index contributed by atoms with van der Waals surface area (Å²) in [6.07, 6.45) is 7.55. The molecule has 3 nitrogen and oxygen atoms in total. The molecule has 166 valence electrons. The molecule has 0 radical (unpaired) electrons. The summed E-state index contributed by atoms with van der Waals surface area (Å²) in [5, 5.41) is 1.91. The van der Waals surface area contributed by atoms with Crippen molar-refractivity contribution in [3.8, 4) is 16.8 Å². The number of fused-ring (bicyclic) bond motifs is 2. The zero-order valence-corrected chi connectivity index (χ0v) is 19.3. The topological polar surface area (TPSA) is 35.1 Å². The Labute approximate surface area is 198 Å². The molecule has 0 N–H and O–H groups in total. The Hall–Kier alpha value is -4.37. The fraction of sp³-hybridized carbons (Fsp3) is 0.0645. The zero-order valence-electron chi connectivity index (χ0n) is 19.3. The van der Waals surface area contributed by atoms with Gasteiger partial charge in [-0.2, -0.15) is 0 Å². The van der Waals surface area contributed by atoms with Gasteiger partial charge in [-0.1, -0.05) is 73.9 Å². The molecule has 0 saturated carbocycles. The standard InChI is InChI=1S/C31H25NO2/c1-5-11-21-14-15-23-19-27(31(33)34-30(23)26(21)7-3)22-16-17-29-28(18-22)25(6-2)20(4)32(29)24-12-9-8-10-13-24/h5-19H,2-3H2,1,4H3/b11-5-. The zero-order chi connectivity index (χ0) is 23.8. The van der Waals surface area contributed by atoms with Crippen molar-refractivity contribution in [2.45, 2.75) is 13.8 Å². The summed E-state index contributed by atoms with van der Waals surface area (Å²) in [7, 11) is 0. The van der Waals surface area contributed by atoms with Crippen molar-refractivity contribution in [2.24, 2.45) is 0 Å². The predicted octanol–water partition coefficient (Wildman–Crippen LogP) is 8.03. The van der Waals surface area contributed by atoms with Gasteiger partial charge < -0.3 is 8.98 Å². The maximum absolute atomic E-state index is 13.1. The quantitative estimate of drug-likeness (QED) is 0.258. The maximum Gasteiger partial charge on any atom is 0.344 e. The van der Waals surface area contributed by atoms with E-state index in [9.17, 15) is 4.79 Å². The minimum atomic E-state index is -0.369. The van der Waals surface area contributed by atoms with E-state index in [4.69, 9.17) is 4.42 Å². The number of aromatic nitrogens is 1. The average Bonchev–Trinajstić information content (AvgIpc) is 3.14. The van der Waals surface area contributed by atoms with E-state index in [1.54, 1.807) is 6.08 Å². The molecular weight excluding hydrogens is 418 g/mol. The van der Waals surface area contributed by atoms with E-state index >= 15 is 0 Å². The van der Waals surface area contributed by atoms with Crippen LogP contribution < -0.4 is 5.63 Å². The van der Waals surface area contributed by atoms with Crippen molar-refractivity contribution < 1.29 is 4.42 Å². The normalized spacial score (nSPS) is 11.5. The molecular formula is C31H25NO2. The fourth-order valence-corrected chi connectivity index (χ4v) is 4.74. The number of hydrogen-bond donors (Lipinski definition) is 0. The van der Waals surface area contributed by atoms with Crippen LogP contribution in [0.25, 0.3) is 56.9 Å². The highest BCUT2D eigenvalue weighted by Crippen LogP contribution is 2.34. The summed E-state index contributed by atoms with van der Waals surface area (Å²) < 4.78 is 8.06. The van der Waals surface area contributed by atoms with Crippen LogP contribution in [0.5, 0.6) is 0 Å². The van der Waals surface area contributed by atoms with Crippen molar-refractivity contribution in [1.29, 1.82) is 0 Å². The first kappa shape index (κ1) is 21.5. The van der Waals surface area contributed by atoms with E-state index in [2.05, 4.69) is 48.9 Å². The first-order chi connectivity index (χ1) is 16.6. The van der Waals surface area contributed by atoms with E-state index in [1.807, 2.05) is 67.6 Å². The lowest BCUT2D eigenvalue weighted by atomic mass is 9.99. The van der Waals surface area contributed by atoms with Crippen LogP contribution in [0, 0.1) is 6.92 Å². The van der Waals surface area contributed by atoms with Crippen LogP contribution in [0.3, 0.4) is 0 Å². The monoisotopic (exact) mass is 443 g/mol. The number of benzene rings is 3. The average molecular weight is 444 g/mol.